The van der Waals surface area contributed by atoms with Crippen molar-refractivity contribution in [2.75, 3.05) is 0 Å². The molecule has 1 aromatic carbocycles. The van der Waals surface area contributed by atoms with Crippen LogP contribution in [0.25, 0.3) is 0 Å². The molecule has 0 bridgehead atoms. The van der Waals surface area contributed by atoms with Crippen LogP contribution in [0.5, 0.6) is 0 Å². The van der Waals surface area contributed by atoms with Crippen LogP contribution in [0, 0.1) is 6.92 Å². The molecule has 5 heteroatoms. The summed E-state index contributed by atoms with van der Waals surface area (Å²) in [5.74, 6) is -0.867. The highest BCUT2D eigenvalue weighted by Gasteiger charge is 2.44. The number of nitrogens with one attached hydrogen (secondary N) is 1. The Bertz CT molecular complexity index is 634. The number of carbonyl (C=O) groups is 1. The summed E-state index contributed by atoms with van der Waals surface area (Å²) in [6.45, 7) is 2.17. The highest BCUT2D eigenvalue weighted by atomic mass is 16.4. The number of benzene rings is 1. The maximum absolute atomic E-state index is 12.1. The van der Waals surface area contributed by atoms with E-state index in [4.69, 9.17) is 0 Å². The largest absolute Gasteiger partial charge is 0.480 e. The van der Waals surface area contributed by atoms with E-state index in [9.17, 15) is 9.90 Å². The second kappa shape index (κ2) is 5.33. The van der Waals surface area contributed by atoms with E-state index >= 15 is 0 Å². The average molecular weight is 285 g/mol. The van der Waals surface area contributed by atoms with Crippen molar-refractivity contribution in [1.29, 1.82) is 0 Å². The first-order chi connectivity index (χ1) is 10.1. The number of aryl methyl sites for hydroxylation is 1. The molecule has 0 spiro atoms. The van der Waals surface area contributed by atoms with Gasteiger partial charge in [0.15, 0.2) is 5.54 Å². The van der Waals surface area contributed by atoms with Crippen molar-refractivity contribution in [3.05, 3.63) is 53.9 Å². The molecular formula is C16H19N3O2. The Balaban J connectivity index is 2.00. The molecule has 2 aromatic rings. The Morgan fingerprint density at radius 1 is 1.38 bits per heavy atom. The molecule has 1 aliphatic carbocycles. The zero-order valence-electron chi connectivity index (χ0n) is 12.0. The molecule has 0 radical (unpaired) electrons. The molecule has 2 N–H and O–H groups in total. The van der Waals surface area contributed by atoms with Crippen LogP contribution in [0.2, 0.25) is 0 Å². The number of nitrogens with zero attached hydrogens (tertiary/aromatic N) is 2. The van der Waals surface area contributed by atoms with Gasteiger partial charge in [0, 0.05) is 12.2 Å². The van der Waals surface area contributed by atoms with Crippen molar-refractivity contribution < 1.29 is 9.90 Å². The summed E-state index contributed by atoms with van der Waals surface area (Å²) in [5.41, 5.74) is 0.507. The van der Waals surface area contributed by atoms with E-state index in [2.05, 4.69) is 10.4 Å². The third kappa shape index (κ3) is 2.83. The van der Waals surface area contributed by atoms with E-state index in [1.54, 1.807) is 4.68 Å². The summed E-state index contributed by atoms with van der Waals surface area (Å²) in [4.78, 5) is 12.1. The molecule has 110 valence electrons. The lowest BCUT2D eigenvalue weighted by Gasteiger charge is -2.31. The summed E-state index contributed by atoms with van der Waals surface area (Å²) in [7, 11) is 0. The van der Waals surface area contributed by atoms with E-state index in [-0.39, 0.29) is 12.6 Å². The molecule has 21 heavy (non-hydrogen) atoms. The van der Waals surface area contributed by atoms with Crippen molar-refractivity contribution in [3.63, 3.8) is 0 Å². The Morgan fingerprint density at radius 3 is 2.62 bits per heavy atom. The first kappa shape index (κ1) is 13.8. The second-order valence-corrected chi connectivity index (χ2v) is 5.65. The summed E-state index contributed by atoms with van der Waals surface area (Å²) in [6, 6.07) is 11.5. The Hall–Kier alpha value is -2.14. The van der Waals surface area contributed by atoms with Crippen LogP contribution >= 0.6 is 0 Å². The van der Waals surface area contributed by atoms with E-state index in [1.807, 2.05) is 49.5 Å². The first-order valence-corrected chi connectivity index (χ1v) is 7.17. The molecule has 1 unspecified atom stereocenters. The van der Waals surface area contributed by atoms with Gasteiger partial charge in [-0.2, -0.15) is 5.10 Å². The molecule has 3 rings (SSSR count). The van der Waals surface area contributed by atoms with Gasteiger partial charge in [-0.25, -0.2) is 4.79 Å². The zero-order valence-corrected chi connectivity index (χ0v) is 12.0. The van der Waals surface area contributed by atoms with E-state index in [0.29, 0.717) is 0 Å². The Labute approximate surface area is 123 Å². The van der Waals surface area contributed by atoms with Crippen LogP contribution in [0.4, 0.5) is 0 Å². The highest BCUT2D eigenvalue weighted by molar-refractivity contribution is 5.80. The third-order valence-corrected chi connectivity index (χ3v) is 3.83. The van der Waals surface area contributed by atoms with Crippen LogP contribution < -0.4 is 5.32 Å². The molecule has 1 aromatic heterocycles. The van der Waals surface area contributed by atoms with E-state index in [0.717, 1.165) is 24.1 Å². The summed E-state index contributed by atoms with van der Waals surface area (Å²) in [5, 5.41) is 17.6. The highest BCUT2D eigenvalue weighted by Crippen LogP contribution is 2.30. The SMILES string of the molecule is Cc1ccn(CC(NC2CC2)(C(=O)O)c2ccccc2)n1. The number of aromatic nitrogens is 2. The first-order valence-electron chi connectivity index (χ1n) is 7.17. The number of hydrogen-bond donors (Lipinski definition) is 2. The maximum Gasteiger partial charge on any atom is 0.330 e. The lowest BCUT2D eigenvalue weighted by molar-refractivity contribution is -0.146. The fraction of sp³-hybridized carbons (Fsp3) is 0.375. The van der Waals surface area contributed by atoms with Gasteiger partial charge in [-0.1, -0.05) is 30.3 Å². The molecule has 0 amide bonds. The third-order valence-electron chi connectivity index (χ3n) is 3.83. The minimum absolute atomic E-state index is 0.274. The van der Waals surface area contributed by atoms with Crippen molar-refractivity contribution in [2.24, 2.45) is 0 Å². The molecule has 0 aliphatic heterocycles. The number of aliphatic carboxylic acids is 1. The normalized spacial score (nSPS) is 17.4. The van der Waals surface area contributed by atoms with Crippen molar-refractivity contribution >= 4 is 5.97 Å². The molecule has 1 fully saturated rings. The Morgan fingerprint density at radius 2 is 2.10 bits per heavy atom. The number of hydrogen-bond acceptors (Lipinski definition) is 3. The molecule has 1 saturated carbocycles. The van der Waals surface area contributed by atoms with Gasteiger partial charge in [0.25, 0.3) is 0 Å². The summed E-state index contributed by atoms with van der Waals surface area (Å²) < 4.78 is 1.70. The number of carboxylic acid groups (broad SMARTS) is 1. The van der Waals surface area contributed by atoms with Crippen molar-refractivity contribution in [1.82, 2.24) is 15.1 Å². The van der Waals surface area contributed by atoms with Crippen LogP contribution in [0.3, 0.4) is 0 Å². The lowest BCUT2D eigenvalue weighted by atomic mass is 9.89. The van der Waals surface area contributed by atoms with Crippen LogP contribution in [-0.2, 0) is 16.9 Å². The predicted octanol–water partition coefficient (Wildman–Crippen LogP) is 1.92. The molecule has 0 saturated heterocycles. The molecular weight excluding hydrogens is 266 g/mol. The van der Waals surface area contributed by atoms with Gasteiger partial charge in [0.1, 0.15) is 0 Å². The van der Waals surface area contributed by atoms with Gasteiger partial charge < -0.3 is 5.11 Å². The van der Waals surface area contributed by atoms with Gasteiger partial charge in [-0.15, -0.1) is 0 Å². The molecule has 5 nitrogen and oxygen atoms in total. The second-order valence-electron chi connectivity index (χ2n) is 5.65. The standard InChI is InChI=1S/C16H19N3O2/c1-12-9-10-19(18-12)11-16(15(20)21,17-14-7-8-14)13-5-3-2-4-6-13/h2-6,9-10,14,17H,7-8,11H2,1H3,(H,20,21). The van der Waals surface area contributed by atoms with Gasteiger partial charge in [0.2, 0.25) is 0 Å². The Kier molecular flexibility index (Phi) is 3.51. The van der Waals surface area contributed by atoms with Crippen LogP contribution in [-0.4, -0.2) is 26.9 Å². The summed E-state index contributed by atoms with van der Waals surface area (Å²) >= 11 is 0. The number of carboxylic acids is 1. The van der Waals surface area contributed by atoms with E-state index < -0.39 is 11.5 Å². The minimum Gasteiger partial charge on any atom is -0.480 e. The average Bonchev–Trinajstić information content (AvgIpc) is 3.20. The zero-order chi connectivity index (χ0) is 14.9. The van der Waals surface area contributed by atoms with Gasteiger partial charge >= 0.3 is 5.97 Å². The molecule has 1 heterocycles. The monoisotopic (exact) mass is 285 g/mol. The maximum atomic E-state index is 12.1. The van der Waals surface area contributed by atoms with Crippen LogP contribution in [0.15, 0.2) is 42.6 Å². The smallest absolute Gasteiger partial charge is 0.330 e. The lowest BCUT2D eigenvalue weighted by Crippen LogP contribution is -2.53. The van der Waals surface area contributed by atoms with Crippen molar-refractivity contribution in [2.45, 2.75) is 37.9 Å². The van der Waals surface area contributed by atoms with Crippen LogP contribution in [0.1, 0.15) is 24.1 Å². The molecule has 1 aliphatic rings. The number of rotatable bonds is 6. The van der Waals surface area contributed by atoms with Gasteiger partial charge in [-0.3, -0.25) is 10.00 Å². The predicted molar refractivity (Wildman–Crippen MR) is 78.9 cm³/mol. The topological polar surface area (TPSA) is 67.2 Å². The molecule has 1 atom stereocenters. The van der Waals surface area contributed by atoms with Gasteiger partial charge in [0.05, 0.1) is 12.2 Å². The fourth-order valence-electron chi connectivity index (χ4n) is 2.57. The van der Waals surface area contributed by atoms with Gasteiger partial charge in [-0.05, 0) is 31.4 Å². The quantitative estimate of drug-likeness (QED) is 0.851. The summed E-state index contributed by atoms with van der Waals surface area (Å²) in [6.07, 6.45) is 3.88. The minimum atomic E-state index is -1.14. The fourth-order valence-corrected chi connectivity index (χ4v) is 2.57. The van der Waals surface area contributed by atoms with E-state index in [1.165, 1.54) is 0 Å². The van der Waals surface area contributed by atoms with Crippen molar-refractivity contribution in [3.8, 4) is 0 Å².